The van der Waals surface area contributed by atoms with Crippen LogP contribution in [0.25, 0.3) is 0 Å². The highest BCUT2D eigenvalue weighted by Gasteiger charge is 2.06. The maximum atomic E-state index is 12.2. The van der Waals surface area contributed by atoms with Gasteiger partial charge in [-0.3, -0.25) is 9.20 Å². The molecule has 2 aromatic rings. The topological polar surface area (TPSA) is 87.6 Å². The van der Waals surface area contributed by atoms with Crippen molar-refractivity contribution in [3.05, 3.63) is 60.2 Å². The van der Waals surface area contributed by atoms with Crippen molar-refractivity contribution in [2.75, 3.05) is 32.1 Å². The van der Waals surface area contributed by atoms with Crippen molar-refractivity contribution in [3.63, 3.8) is 0 Å². The Morgan fingerprint density at radius 3 is 2.18 bits per heavy atom. The predicted octanol–water partition coefficient (Wildman–Crippen LogP) is 2.22. The summed E-state index contributed by atoms with van der Waals surface area (Å²) in [4.78, 5) is 5.29. The van der Waals surface area contributed by atoms with Crippen LogP contribution in [-0.2, 0) is 27.1 Å². The number of guanidine groups is 1. The fourth-order valence-corrected chi connectivity index (χ4v) is 4.02. The van der Waals surface area contributed by atoms with Crippen molar-refractivity contribution in [3.8, 4) is 0 Å². The van der Waals surface area contributed by atoms with E-state index in [4.69, 9.17) is 0 Å². The summed E-state index contributed by atoms with van der Waals surface area (Å²) in [5.41, 5.74) is 1.04. The van der Waals surface area contributed by atoms with Crippen LogP contribution in [-0.4, -0.2) is 50.7 Å². The van der Waals surface area contributed by atoms with Gasteiger partial charge in [0, 0.05) is 37.0 Å². The van der Waals surface area contributed by atoms with Gasteiger partial charge in [0.2, 0.25) is 0 Å². The Balaban J connectivity index is 0.00000392. The van der Waals surface area contributed by atoms with Crippen LogP contribution in [0.15, 0.2) is 69.4 Å². The minimum Gasteiger partial charge on any atom is -0.356 e. The maximum absolute atomic E-state index is 12.2. The van der Waals surface area contributed by atoms with Crippen LogP contribution in [0.4, 0.5) is 0 Å². The molecular weight excluding hydrogens is 509 g/mol. The van der Waals surface area contributed by atoms with E-state index >= 15 is 0 Å². The van der Waals surface area contributed by atoms with E-state index in [2.05, 4.69) is 15.6 Å². The van der Waals surface area contributed by atoms with Crippen LogP contribution >= 0.6 is 24.0 Å². The first-order valence-electron chi connectivity index (χ1n) is 8.57. The normalized spacial score (nSPS) is 12.7. The van der Waals surface area contributed by atoms with E-state index in [1.54, 1.807) is 19.2 Å². The van der Waals surface area contributed by atoms with Gasteiger partial charge in [0.15, 0.2) is 15.8 Å². The van der Waals surface area contributed by atoms with Crippen molar-refractivity contribution >= 4 is 50.6 Å². The van der Waals surface area contributed by atoms with E-state index in [0.29, 0.717) is 29.7 Å². The van der Waals surface area contributed by atoms with Gasteiger partial charge in [-0.15, -0.1) is 24.0 Å². The van der Waals surface area contributed by atoms with E-state index < -0.39 is 20.6 Å². The summed E-state index contributed by atoms with van der Waals surface area (Å²) < 4.78 is 35.1. The molecule has 2 aromatic carbocycles. The lowest BCUT2D eigenvalue weighted by molar-refractivity contribution is 0.602. The van der Waals surface area contributed by atoms with Crippen LogP contribution in [0.5, 0.6) is 0 Å². The lowest BCUT2D eigenvalue weighted by atomic mass is 10.1. The molecule has 1 atom stereocenters. The van der Waals surface area contributed by atoms with Crippen LogP contribution in [0.1, 0.15) is 5.56 Å². The van der Waals surface area contributed by atoms with Crippen molar-refractivity contribution in [1.82, 2.24) is 10.6 Å². The number of aliphatic imine (C=N–C) groups is 1. The van der Waals surface area contributed by atoms with Crippen molar-refractivity contribution in [1.29, 1.82) is 0 Å². The second-order valence-corrected chi connectivity index (χ2v) is 9.54. The minimum absolute atomic E-state index is 0. The molecule has 154 valence electrons. The first-order chi connectivity index (χ1) is 12.9. The highest BCUT2D eigenvalue weighted by Crippen LogP contribution is 2.10. The Morgan fingerprint density at radius 2 is 1.61 bits per heavy atom. The summed E-state index contributed by atoms with van der Waals surface area (Å²) >= 11 is 0. The van der Waals surface area contributed by atoms with Crippen LogP contribution < -0.4 is 10.6 Å². The summed E-state index contributed by atoms with van der Waals surface area (Å²) in [7, 11) is -2.52. The SMILES string of the molecule is CN=C(NCCc1ccc(S(C)(=O)=O)cc1)NCCS(=O)c1ccccc1.I. The lowest BCUT2D eigenvalue weighted by Gasteiger charge is -2.12. The molecule has 0 aliphatic rings. The Labute approximate surface area is 186 Å². The molecule has 0 amide bonds. The average molecular weight is 535 g/mol. The highest BCUT2D eigenvalue weighted by atomic mass is 127. The third-order valence-electron chi connectivity index (χ3n) is 3.87. The third-order valence-corrected chi connectivity index (χ3v) is 6.37. The summed E-state index contributed by atoms with van der Waals surface area (Å²) in [5, 5.41) is 6.35. The molecule has 2 rings (SSSR count). The molecular formula is C19H26IN3O3S2. The van der Waals surface area contributed by atoms with Crippen molar-refractivity contribution in [2.45, 2.75) is 16.2 Å². The second-order valence-electron chi connectivity index (χ2n) is 5.95. The first-order valence-corrected chi connectivity index (χ1v) is 11.8. The van der Waals surface area contributed by atoms with Crippen LogP contribution in [0, 0.1) is 0 Å². The van der Waals surface area contributed by atoms with Crippen molar-refractivity contribution < 1.29 is 12.6 Å². The number of rotatable bonds is 8. The molecule has 0 aliphatic heterocycles. The average Bonchev–Trinajstić information content (AvgIpc) is 2.67. The molecule has 0 aromatic heterocycles. The zero-order valence-electron chi connectivity index (χ0n) is 15.9. The molecule has 6 nitrogen and oxygen atoms in total. The van der Waals surface area contributed by atoms with Gasteiger partial charge >= 0.3 is 0 Å². The molecule has 0 aliphatic carbocycles. The molecule has 28 heavy (non-hydrogen) atoms. The van der Waals surface area contributed by atoms with Gasteiger partial charge < -0.3 is 10.6 Å². The van der Waals surface area contributed by atoms with Gasteiger partial charge in [-0.1, -0.05) is 30.3 Å². The molecule has 0 bridgehead atoms. The van der Waals surface area contributed by atoms with E-state index in [1.807, 2.05) is 42.5 Å². The number of nitrogens with one attached hydrogen (secondary N) is 2. The number of hydrogen-bond donors (Lipinski definition) is 2. The molecule has 0 radical (unpaired) electrons. The minimum atomic E-state index is -3.16. The van der Waals surface area contributed by atoms with Gasteiger partial charge in [0.25, 0.3) is 0 Å². The Hall–Kier alpha value is -1.46. The van der Waals surface area contributed by atoms with E-state index in [9.17, 15) is 12.6 Å². The number of hydrogen-bond acceptors (Lipinski definition) is 4. The number of halogens is 1. The Bertz CT molecular complexity index is 886. The largest absolute Gasteiger partial charge is 0.356 e. The first kappa shape index (κ1) is 24.6. The van der Waals surface area contributed by atoms with Gasteiger partial charge in [-0.05, 0) is 36.2 Å². The molecule has 9 heteroatoms. The molecule has 2 N–H and O–H groups in total. The predicted molar refractivity (Wildman–Crippen MR) is 126 cm³/mol. The standard InChI is InChI=1S/C19H25N3O3S2.HI/c1-20-19(22-14-15-26(23)17-6-4-3-5-7-17)21-13-12-16-8-10-18(11-9-16)27(2,24)25;/h3-11H,12-15H2,1-2H3,(H2,20,21,22);1H. The summed E-state index contributed by atoms with van der Waals surface area (Å²) in [6.07, 6.45) is 1.94. The number of nitrogens with zero attached hydrogens (tertiary/aromatic N) is 1. The molecule has 1 unspecified atom stereocenters. The quantitative estimate of drug-likeness (QED) is 0.308. The van der Waals surface area contributed by atoms with Gasteiger partial charge in [0.05, 0.1) is 15.7 Å². The summed E-state index contributed by atoms with van der Waals surface area (Å²) in [5.74, 6) is 1.14. The molecule has 0 saturated heterocycles. The van der Waals surface area contributed by atoms with Gasteiger partial charge in [-0.2, -0.15) is 0 Å². The molecule has 0 heterocycles. The Morgan fingerprint density at radius 1 is 1.00 bits per heavy atom. The fraction of sp³-hybridized carbons (Fsp3) is 0.316. The second kappa shape index (κ2) is 12.2. The van der Waals surface area contributed by atoms with E-state index in [1.165, 1.54) is 6.26 Å². The fourth-order valence-electron chi connectivity index (χ4n) is 2.40. The summed E-state index contributed by atoms with van der Waals surface area (Å²) in [6, 6.07) is 16.3. The number of sulfone groups is 1. The van der Waals surface area contributed by atoms with Crippen molar-refractivity contribution in [2.24, 2.45) is 4.99 Å². The summed E-state index contributed by atoms with van der Waals surface area (Å²) in [6.45, 7) is 1.20. The number of benzene rings is 2. The maximum Gasteiger partial charge on any atom is 0.191 e. The van der Waals surface area contributed by atoms with Crippen LogP contribution in [0.2, 0.25) is 0 Å². The van der Waals surface area contributed by atoms with Crippen LogP contribution in [0.3, 0.4) is 0 Å². The molecule has 0 spiro atoms. The monoisotopic (exact) mass is 535 g/mol. The third kappa shape index (κ3) is 8.27. The van der Waals surface area contributed by atoms with Gasteiger partial charge in [-0.25, -0.2) is 8.42 Å². The van der Waals surface area contributed by atoms with Gasteiger partial charge in [0.1, 0.15) is 0 Å². The highest BCUT2D eigenvalue weighted by molar-refractivity contribution is 14.0. The lowest BCUT2D eigenvalue weighted by Crippen LogP contribution is -2.40. The Kier molecular flexibility index (Phi) is 10.7. The van der Waals surface area contributed by atoms with E-state index in [-0.39, 0.29) is 24.0 Å². The van der Waals surface area contributed by atoms with E-state index in [0.717, 1.165) is 16.9 Å². The zero-order chi connectivity index (χ0) is 19.7. The molecule has 0 saturated carbocycles. The smallest absolute Gasteiger partial charge is 0.191 e. The molecule has 0 fully saturated rings. The zero-order valence-corrected chi connectivity index (χ0v) is 19.9.